The van der Waals surface area contributed by atoms with Crippen molar-refractivity contribution in [3.8, 4) is 0 Å². The molecule has 9 heteroatoms. The molecule has 0 aromatic heterocycles. The van der Waals surface area contributed by atoms with E-state index in [1.54, 1.807) is 41.3 Å². The summed E-state index contributed by atoms with van der Waals surface area (Å²) in [4.78, 5) is 27.9. The zero-order valence-electron chi connectivity index (χ0n) is 20.9. The standard InChI is InChI=1S/C26H36ClN3O4S/c1-5-24(26(32)28-18-20(2)3)29(19-21-13-15-22(27)16-14-21)25(31)12-9-17-30(35(4,33)34)23-10-7-6-8-11-23/h6-8,10-11,13-16,20,24H,5,9,12,17-19H2,1-4H3,(H,28,32)/t24-/m1/s1. The van der Waals surface area contributed by atoms with Crippen molar-refractivity contribution in [2.75, 3.05) is 23.7 Å². The Hall–Kier alpha value is -2.58. The van der Waals surface area contributed by atoms with Gasteiger partial charge in [0.05, 0.1) is 11.9 Å². The highest BCUT2D eigenvalue weighted by atomic mass is 35.5. The largest absolute Gasteiger partial charge is 0.354 e. The van der Waals surface area contributed by atoms with E-state index in [0.29, 0.717) is 30.1 Å². The maximum atomic E-state index is 13.4. The predicted molar refractivity (Wildman–Crippen MR) is 142 cm³/mol. The van der Waals surface area contributed by atoms with Gasteiger partial charge in [0, 0.05) is 31.1 Å². The molecule has 1 atom stereocenters. The number of para-hydroxylation sites is 1. The van der Waals surface area contributed by atoms with Crippen LogP contribution in [0.15, 0.2) is 54.6 Å². The van der Waals surface area contributed by atoms with E-state index in [1.165, 1.54) is 4.31 Å². The summed E-state index contributed by atoms with van der Waals surface area (Å²) in [7, 11) is -3.51. The van der Waals surface area contributed by atoms with Gasteiger partial charge in [0.15, 0.2) is 0 Å². The second kappa shape index (κ2) is 13.5. The number of anilines is 1. The molecule has 0 saturated carbocycles. The summed E-state index contributed by atoms with van der Waals surface area (Å²) in [6.45, 7) is 6.86. The third-order valence-electron chi connectivity index (χ3n) is 5.53. The molecular formula is C26H36ClN3O4S. The number of sulfonamides is 1. The van der Waals surface area contributed by atoms with E-state index in [2.05, 4.69) is 5.32 Å². The summed E-state index contributed by atoms with van der Waals surface area (Å²) < 4.78 is 26.0. The van der Waals surface area contributed by atoms with Crippen LogP contribution in [0.4, 0.5) is 5.69 Å². The fraction of sp³-hybridized carbons (Fsp3) is 0.462. The van der Waals surface area contributed by atoms with Gasteiger partial charge in [-0.25, -0.2) is 8.42 Å². The van der Waals surface area contributed by atoms with E-state index in [4.69, 9.17) is 11.6 Å². The summed E-state index contributed by atoms with van der Waals surface area (Å²) >= 11 is 6.01. The molecule has 0 unspecified atom stereocenters. The third-order valence-corrected chi connectivity index (χ3v) is 6.98. The Balaban J connectivity index is 2.18. The molecule has 0 radical (unpaired) electrons. The maximum absolute atomic E-state index is 13.4. The van der Waals surface area contributed by atoms with Gasteiger partial charge in [0.1, 0.15) is 6.04 Å². The second-order valence-corrected chi connectivity index (χ2v) is 11.3. The highest BCUT2D eigenvalue weighted by molar-refractivity contribution is 7.92. The first-order valence-electron chi connectivity index (χ1n) is 11.9. The summed E-state index contributed by atoms with van der Waals surface area (Å²) in [6, 6.07) is 15.4. The molecule has 0 aliphatic rings. The first-order chi connectivity index (χ1) is 16.5. The molecule has 2 amide bonds. The van der Waals surface area contributed by atoms with Crippen molar-refractivity contribution in [3.05, 3.63) is 65.2 Å². The number of rotatable bonds is 13. The quantitative estimate of drug-likeness (QED) is 0.421. The molecule has 0 fully saturated rings. The Bertz CT molecular complexity index is 1060. The van der Waals surface area contributed by atoms with Crippen molar-refractivity contribution >= 4 is 39.1 Å². The predicted octanol–water partition coefficient (Wildman–Crippen LogP) is 4.47. The van der Waals surface area contributed by atoms with E-state index < -0.39 is 16.1 Å². The normalized spacial score (nSPS) is 12.3. The molecular weight excluding hydrogens is 486 g/mol. The molecule has 2 aromatic carbocycles. The van der Waals surface area contributed by atoms with Crippen LogP contribution in [0.5, 0.6) is 0 Å². The number of benzene rings is 2. The smallest absolute Gasteiger partial charge is 0.242 e. The van der Waals surface area contributed by atoms with Crippen LogP contribution in [-0.2, 0) is 26.2 Å². The number of carbonyl (C=O) groups is 2. The minimum Gasteiger partial charge on any atom is -0.354 e. The second-order valence-electron chi connectivity index (χ2n) is 8.99. The number of amides is 2. The van der Waals surface area contributed by atoms with Crippen molar-refractivity contribution in [1.82, 2.24) is 10.2 Å². The van der Waals surface area contributed by atoms with Crippen LogP contribution in [0.1, 0.15) is 45.6 Å². The molecule has 0 bridgehead atoms. The number of halogens is 1. The van der Waals surface area contributed by atoms with Crippen molar-refractivity contribution < 1.29 is 18.0 Å². The number of nitrogens with one attached hydrogen (secondary N) is 1. The van der Waals surface area contributed by atoms with Gasteiger partial charge < -0.3 is 10.2 Å². The van der Waals surface area contributed by atoms with Crippen molar-refractivity contribution in [1.29, 1.82) is 0 Å². The van der Waals surface area contributed by atoms with Crippen LogP contribution in [0.2, 0.25) is 5.02 Å². The molecule has 0 saturated heterocycles. The Morgan fingerprint density at radius 1 is 1.03 bits per heavy atom. The van der Waals surface area contributed by atoms with E-state index in [9.17, 15) is 18.0 Å². The first-order valence-corrected chi connectivity index (χ1v) is 14.1. The van der Waals surface area contributed by atoms with Crippen molar-refractivity contribution in [2.45, 2.75) is 52.6 Å². The monoisotopic (exact) mass is 521 g/mol. The van der Waals surface area contributed by atoms with Crippen LogP contribution in [-0.4, -0.2) is 50.5 Å². The first kappa shape index (κ1) is 28.7. The minimum atomic E-state index is -3.51. The van der Waals surface area contributed by atoms with Gasteiger partial charge in [0.25, 0.3) is 0 Å². The zero-order chi connectivity index (χ0) is 26.0. The number of hydrogen-bond donors (Lipinski definition) is 1. The number of carbonyl (C=O) groups excluding carboxylic acids is 2. The van der Waals surface area contributed by atoms with E-state index in [1.807, 2.05) is 39.0 Å². The number of hydrogen-bond acceptors (Lipinski definition) is 4. The fourth-order valence-electron chi connectivity index (χ4n) is 3.73. The average molecular weight is 522 g/mol. The minimum absolute atomic E-state index is 0.112. The molecule has 0 aliphatic carbocycles. The lowest BCUT2D eigenvalue weighted by Gasteiger charge is -2.31. The number of nitrogens with zero attached hydrogens (tertiary/aromatic N) is 2. The zero-order valence-corrected chi connectivity index (χ0v) is 22.5. The molecule has 35 heavy (non-hydrogen) atoms. The Morgan fingerprint density at radius 2 is 1.66 bits per heavy atom. The van der Waals surface area contributed by atoms with Gasteiger partial charge in [0.2, 0.25) is 21.8 Å². The highest BCUT2D eigenvalue weighted by Gasteiger charge is 2.29. The van der Waals surface area contributed by atoms with Crippen LogP contribution in [0.3, 0.4) is 0 Å². The van der Waals surface area contributed by atoms with Crippen LogP contribution in [0, 0.1) is 5.92 Å². The van der Waals surface area contributed by atoms with Crippen LogP contribution >= 0.6 is 11.6 Å². The van der Waals surface area contributed by atoms with Gasteiger partial charge in [-0.2, -0.15) is 0 Å². The average Bonchev–Trinajstić information content (AvgIpc) is 2.81. The lowest BCUT2D eigenvalue weighted by atomic mass is 10.1. The lowest BCUT2D eigenvalue weighted by molar-refractivity contribution is -0.141. The van der Waals surface area contributed by atoms with Crippen molar-refractivity contribution in [2.24, 2.45) is 5.92 Å². The van der Waals surface area contributed by atoms with E-state index in [0.717, 1.165) is 11.8 Å². The van der Waals surface area contributed by atoms with E-state index in [-0.39, 0.29) is 37.2 Å². The summed E-state index contributed by atoms with van der Waals surface area (Å²) in [5.41, 5.74) is 1.42. The molecule has 7 nitrogen and oxygen atoms in total. The van der Waals surface area contributed by atoms with Crippen LogP contribution in [0.25, 0.3) is 0 Å². The Kier molecular flexibility index (Phi) is 11.0. The van der Waals surface area contributed by atoms with Gasteiger partial charge in [-0.1, -0.05) is 62.7 Å². The molecule has 0 aliphatic heterocycles. The molecule has 0 spiro atoms. The summed E-state index contributed by atoms with van der Waals surface area (Å²) in [6.07, 6.45) is 2.05. The Labute approximate surface area is 214 Å². The molecule has 192 valence electrons. The van der Waals surface area contributed by atoms with Gasteiger partial charge in [-0.05, 0) is 48.6 Å². The fourth-order valence-corrected chi connectivity index (χ4v) is 4.82. The Morgan fingerprint density at radius 3 is 2.20 bits per heavy atom. The van der Waals surface area contributed by atoms with Gasteiger partial charge >= 0.3 is 0 Å². The molecule has 1 N–H and O–H groups in total. The molecule has 2 aromatic rings. The highest BCUT2D eigenvalue weighted by Crippen LogP contribution is 2.20. The van der Waals surface area contributed by atoms with Gasteiger partial charge in [-0.15, -0.1) is 0 Å². The third kappa shape index (κ3) is 9.18. The van der Waals surface area contributed by atoms with Gasteiger partial charge in [-0.3, -0.25) is 13.9 Å². The SMILES string of the molecule is CC[C@H](C(=O)NCC(C)C)N(Cc1ccc(Cl)cc1)C(=O)CCCN(c1ccccc1)S(C)(=O)=O. The maximum Gasteiger partial charge on any atom is 0.242 e. The lowest BCUT2D eigenvalue weighted by Crippen LogP contribution is -2.49. The topological polar surface area (TPSA) is 86.8 Å². The summed E-state index contributed by atoms with van der Waals surface area (Å²) in [5.74, 6) is -0.101. The molecule has 2 rings (SSSR count). The van der Waals surface area contributed by atoms with Crippen molar-refractivity contribution in [3.63, 3.8) is 0 Å². The molecule has 0 heterocycles. The van der Waals surface area contributed by atoms with Crippen LogP contribution < -0.4 is 9.62 Å². The summed E-state index contributed by atoms with van der Waals surface area (Å²) in [5, 5.41) is 3.53. The van der Waals surface area contributed by atoms with E-state index >= 15 is 0 Å².